The Labute approximate surface area is 140 Å². The summed E-state index contributed by atoms with van der Waals surface area (Å²) in [4.78, 5) is 33.4. The lowest BCUT2D eigenvalue weighted by Crippen LogP contribution is -2.39. The van der Waals surface area contributed by atoms with E-state index in [2.05, 4.69) is 20.2 Å². The Balaban J connectivity index is 1.91. The average molecular weight is 329 g/mol. The zero-order chi connectivity index (χ0) is 17.3. The lowest BCUT2D eigenvalue weighted by Gasteiger charge is -2.34. The second kappa shape index (κ2) is 6.59. The predicted octanol–water partition coefficient (Wildman–Crippen LogP) is 2.29. The van der Waals surface area contributed by atoms with Crippen LogP contribution in [0.5, 0.6) is 0 Å². The fourth-order valence-corrected chi connectivity index (χ4v) is 3.11. The number of nitrogens with zero attached hydrogens (tertiary/aromatic N) is 3. The molecule has 2 aromatic rings. The monoisotopic (exact) mass is 329 g/mol. The molecule has 1 saturated heterocycles. The first-order valence-electron chi connectivity index (χ1n) is 8.40. The van der Waals surface area contributed by atoms with E-state index in [1.54, 1.807) is 6.92 Å². The Bertz CT molecular complexity index is 792. The molecule has 0 saturated carbocycles. The third-order valence-electron chi connectivity index (χ3n) is 4.48. The topological polar surface area (TPSA) is 94.7 Å². The zero-order valence-electron chi connectivity index (χ0n) is 14.3. The van der Waals surface area contributed by atoms with E-state index < -0.39 is 0 Å². The van der Waals surface area contributed by atoms with Crippen molar-refractivity contribution in [2.45, 2.75) is 52.0 Å². The number of nitrogens with one attached hydrogen (secondary N) is 2. The van der Waals surface area contributed by atoms with Crippen LogP contribution < -0.4 is 5.56 Å². The van der Waals surface area contributed by atoms with Crippen molar-refractivity contribution in [3.8, 4) is 0 Å². The Hall–Kier alpha value is -2.44. The molecule has 0 radical (unpaired) electrons. The first-order chi connectivity index (χ1) is 11.5. The van der Waals surface area contributed by atoms with Crippen molar-refractivity contribution in [2.75, 3.05) is 6.54 Å². The van der Waals surface area contributed by atoms with Gasteiger partial charge in [-0.05, 0) is 31.7 Å². The Kier molecular flexibility index (Phi) is 4.51. The number of H-pyrrole nitrogens is 2. The van der Waals surface area contributed by atoms with Gasteiger partial charge in [0.05, 0.1) is 11.6 Å². The number of hydrogen-bond acceptors (Lipinski definition) is 4. The summed E-state index contributed by atoms with van der Waals surface area (Å²) in [5, 5.41) is 7.27. The standard InChI is InChI=1S/C17H23N5O2/c1-10(2)15-19-16(21-20-15)13-6-4-5-7-22(13)17(24)12-9-18-14(23)8-11(12)3/h8-10,13H,4-7H2,1-3H3,(H,18,23)(H,19,20,21)/t13-/m1/s1. The molecule has 7 nitrogen and oxygen atoms in total. The van der Waals surface area contributed by atoms with E-state index in [4.69, 9.17) is 0 Å². The van der Waals surface area contributed by atoms with Gasteiger partial charge in [-0.1, -0.05) is 13.8 Å². The third-order valence-corrected chi connectivity index (χ3v) is 4.48. The summed E-state index contributed by atoms with van der Waals surface area (Å²) >= 11 is 0. The minimum Gasteiger partial charge on any atom is -0.328 e. The number of carbonyl (C=O) groups excluding carboxylic acids is 1. The molecule has 3 heterocycles. The minimum atomic E-state index is -0.198. The predicted molar refractivity (Wildman–Crippen MR) is 89.9 cm³/mol. The van der Waals surface area contributed by atoms with Crippen molar-refractivity contribution >= 4 is 5.91 Å². The molecule has 0 aromatic carbocycles. The Morgan fingerprint density at radius 3 is 2.83 bits per heavy atom. The highest BCUT2D eigenvalue weighted by molar-refractivity contribution is 5.95. The summed E-state index contributed by atoms with van der Waals surface area (Å²) in [5.74, 6) is 1.68. The number of amides is 1. The molecule has 1 atom stereocenters. The molecule has 128 valence electrons. The van der Waals surface area contributed by atoms with Crippen LogP contribution in [-0.4, -0.2) is 37.5 Å². The number of piperidine rings is 1. The van der Waals surface area contributed by atoms with E-state index in [-0.39, 0.29) is 23.4 Å². The summed E-state index contributed by atoms with van der Waals surface area (Å²) in [6.45, 7) is 6.55. The lowest BCUT2D eigenvalue weighted by molar-refractivity contribution is 0.0599. The summed E-state index contributed by atoms with van der Waals surface area (Å²) in [6, 6.07) is 1.36. The third kappa shape index (κ3) is 3.11. The van der Waals surface area contributed by atoms with Crippen molar-refractivity contribution in [1.82, 2.24) is 25.1 Å². The van der Waals surface area contributed by atoms with E-state index in [0.29, 0.717) is 17.7 Å². The van der Waals surface area contributed by atoms with Gasteiger partial charge in [-0.15, -0.1) is 0 Å². The highest BCUT2D eigenvalue weighted by atomic mass is 16.2. The van der Waals surface area contributed by atoms with Crippen molar-refractivity contribution < 1.29 is 4.79 Å². The number of rotatable bonds is 3. The van der Waals surface area contributed by atoms with Gasteiger partial charge in [0.25, 0.3) is 5.91 Å². The second-order valence-corrected chi connectivity index (χ2v) is 6.64. The quantitative estimate of drug-likeness (QED) is 0.903. The molecule has 1 fully saturated rings. The van der Waals surface area contributed by atoms with Gasteiger partial charge in [0, 0.05) is 24.7 Å². The van der Waals surface area contributed by atoms with Crippen LogP contribution in [0, 0.1) is 6.92 Å². The molecule has 24 heavy (non-hydrogen) atoms. The van der Waals surface area contributed by atoms with Crippen LogP contribution >= 0.6 is 0 Å². The number of likely N-dealkylation sites (tertiary alicyclic amines) is 1. The highest BCUT2D eigenvalue weighted by Gasteiger charge is 2.31. The molecule has 1 amide bonds. The van der Waals surface area contributed by atoms with Crippen LogP contribution in [0.3, 0.4) is 0 Å². The minimum absolute atomic E-state index is 0.0732. The molecular formula is C17H23N5O2. The Morgan fingerprint density at radius 1 is 1.38 bits per heavy atom. The zero-order valence-corrected chi connectivity index (χ0v) is 14.3. The van der Waals surface area contributed by atoms with Crippen LogP contribution in [0.15, 0.2) is 17.1 Å². The normalized spacial score (nSPS) is 18.2. The highest BCUT2D eigenvalue weighted by Crippen LogP contribution is 2.31. The summed E-state index contributed by atoms with van der Waals surface area (Å²) in [6.07, 6.45) is 4.39. The number of carbonyl (C=O) groups is 1. The largest absolute Gasteiger partial charge is 0.328 e. The summed E-state index contributed by atoms with van der Waals surface area (Å²) in [5.41, 5.74) is 1.02. The van der Waals surface area contributed by atoms with Gasteiger partial charge < -0.3 is 9.88 Å². The van der Waals surface area contributed by atoms with Crippen LogP contribution in [0.4, 0.5) is 0 Å². The first kappa shape index (κ1) is 16.4. The van der Waals surface area contributed by atoms with Crippen molar-refractivity contribution in [3.05, 3.63) is 45.4 Å². The van der Waals surface area contributed by atoms with E-state index in [1.165, 1.54) is 12.3 Å². The van der Waals surface area contributed by atoms with Gasteiger partial charge in [0.2, 0.25) is 5.56 Å². The molecule has 0 bridgehead atoms. The molecule has 2 aromatic heterocycles. The molecule has 7 heteroatoms. The van der Waals surface area contributed by atoms with Crippen molar-refractivity contribution in [2.24, 2.45) is 0 Å². The van der Waals surface area contributed by atoms with E-state index >= 15 is 0 Å². The van der Waals surface area contributed by atoms with Crippen LogP contribution in [0.1, 0.15) is 72.6 Å². The van der Waals surface area contributed by atoms with E-state index in [9.17, 15) is 9.59 Å². The second-order valence-electron chi connectivity index (χ2n) is 6.64. The smallest absolute Gasteiger partial charge is 0.256 e. The maximum absolute atomic E-state index is 13.0. The number of hydrogen-bond donors (Lipinski definition) is 2. The number of pyridine rings is 1. The number of aromatic amines is 2. The van der Waals surface area contributed by atoms with Crippen LogP contribution in [0.25, 0.3) is 0 Å². The van der Waals surface area contributed by atoms with Gasteiger partial charge in [0.1, 0.15) is 5.82 Å². The molecule has 2 N–H and O–H groups in total. The van der Waals surface area contributed by atoms with Crippen LogP contribution in [-0.2, 0) is 0 Å². The van der Waals surface area contributed by atoms with E-state index in [1.807, 2.05) is 18.7 Å². The maximum atomic E-state index is 13.0. The van der Waals surface area contributed by atoms with Crippen molar-refractivity contribution in [1.29, 1.82) is 0 Å². The van der Waals surface area contributed by atoms with Crippen LogP contribution in [0.2, 0.25) is 0 Å². The fraction of sp³-hybridized carbons (Fsp3) is 0.529. The molecule has 0 aliphatic carbocycles. The van der Waals surface area contributed by atoms with Gasteiger partial charge >= 0.3 is 0 Å². The fourth-order valence-electron chi connectivity index (χ4n) is 3.11. The maximum Gasteiger partial charge on any atom is 0.256 e. The average Bonchev–Trinajstić information content (AvgIpc) is 3.04. The number of aromatic nitrogens is 4. The molecule has 1 aliphatic heterocycles. The molecule has 3 rings (SSSR count). The first-order valence-corrected chi connectivity index (χ1v) is 8.40. The van der Waals surface area contributed by atoms with E-state index in [0.717, 1.165) is 30.9 Å². The SMILES string of the molecule is Cc1cc(=O)[nH]cc1C(=O)N1CCCC[C@@H]1c1nc(C(C)C)n[nH]1. The van der Waals surface area contributed by atoms with Gasteiger partial charge in [-0.2, -0.15) is 5.10 Å². The molecule has 0 spiro atoms. The Morgan fingerprint density at radius 2 is 2.17 bits per heavy atom. The van der Waals surface area contributed by atoms with Gasteiger partial charge in [-0.3, -0.25) is 14.7 Å². The summed E-state index contributed by atoms with van der Waals surface area (Å²) in [7, 11) is 0. The summed E-state index contributed by atoms with van der Waals surface area (Å²) < 4.78 is 0. The molecule has 1 aliphatic rings. The molecular weight excluding hydrogens is 306 g/mol. The van der Waals surface area contributed by atoms with Gasteiger partial charge in [0.15, 0.2) is 5.82 Å². The number of aryl methyl sites for hydroxylation is 1. The van der Waals surface area contributed by atoms with Gasteiger partial charge in [-0.25, -0.2) is 4.98 Å². The van der Waals surface area contributed by atoms with Crippen molar-refractivity contribution in [3.63, 3.8) is 0 Å². The molecule has 0 unspecified atom stereocenters. The lowest BCUT2D eigenvalue weighted by atomic mass is 9.99.